The molecule has 6 nitrogen and oxygen atoms in total. The van der Waals surface area contributed by atoms with Crippen LogP contribution in [0.3, 0.4) is 0 Å². The molecule has 0 rings (SSSR count). The second-order valence-corrected chi connectivity index (χ2v) is 1.75. The molecule has 0 saturated carbocycles. The third kappa shape index (κ3) is 3.61. The standard InChI is InChI=1S/C3H6N4O2S/c4-1(8)2(9)6-7-3(5)10/h(H2,4,8)(H,6,9)(H3,5,7,10). The average molecular weight is 162 g/mol. The van der Waals surface area contributed by atoms with Gasteiger partial charge in [-0.3, -0.25) is 20.4 Å². The molecule has 0 aliphatic heterocycles. The summed E-state index contributed by atoms with van der Waals surface area (Å²) >= 11 is 4.30. The Kier molecular flexibility index (Phi) is 3.12. The minimum Gasteiger partial charge on any atom is -0.375 e. The Hall–Kier alpha value is -1.37. The smallest absolute Gasteiger partial charge is 0.327 e. The maximum absolute atomic E-state index is 10.3. The van der Waals surface area contributed by atoms with E-state index in [9.17, 15) is 9.59 Å². The molecule has 0 aromatic heterocycles. The quantitative estimate of drug-likeness (QED) is 0.176. The third-order valence-corrected chi connectivity index (χ3v) is 0.625. The molecule has 6 N–H and O–H groups in total. The second kappa shape index (κ2) is 3.62. The summed E-state index contributed by atoms with van der Waals surface area (Å²) in [5, 5.41) is -0.144. The maximum Gasteiger partial charge on any atom is 0.327 e. The van der Waals surface area contributed by atoms with Gasteiger partial charge in [0, 0.05) is 0 Å². The predicted octanol–water partition coefficient (Wildman–Crippen LogP) is -2.66. The number of hydrogen-bond acceptors (Lipinski definition) is 3. The molecule has 0 bridgehead atoms. The molecular weight excluding hydrogens is 156 g/mol. The summed E-state index contributed by atoms with van der Waals surface area (Å²) in [6.07, 6.45) is 0. The van der Waals surface area contributed by atoms with Crippen LogP contribution in [0.4, 0.5) is 0 Å². The molecule has 0 atom stereocenters. The van der Waals surface area contributed by atoms with Crippen molar-refractivity contribution >= 4 is 29.1 Å². The van der Waals surface area contributed by atoms with Gasteiger partial charge in [0.1, 0.15) is 0 Å². The van der Waals surface area contributed by atoms with E-state index >= 15 is 0 Å². The van der Waals surface area contributed by atoms with Crippen molar-refractivity contribution in [3.05, 3.63) is 0 Å². The summed E-state index contributed by atoms with van der Waals surface area (Å²) in [6.45, 7) is 0. The van der Waals surface area contributed by atoms with Gasteiger partial charge in [-0.05, 0) is 12.2 Å². The number of hydrogen-bond donors (Lipinski definition) is 4. The molecule has 0 spiro atoms. The van der Waals surface area contributed by atoms with Gasteiger partial charge in [0.15, 0.2) is 5.11 Å². The molecule has 0 aromatic carbocycles. The topological polar surface area (TPSA) is 110 Å². The van der Waals surface area contributed by atoms with Gasteiger partial charge in [0.2, 0.25) is 0 Å². The summed E-state index contributed by atoms with van der Waals surface area (Å²) < 4.78 is 0. The highest BCUT2D eigenvalue weighted by molar-refractivity contribution is 7.80. The average Bonchev–Trinajstić information content (AvgIpc) is 1.82. The number of carbonyl (C=O) groups is 2. The number of thiocarbonyl (C=S) groups is 1. The molecule has 0 saturated heterocycles. The van der Waals surface area contributed by atoms with Gasteiger partial charge in [-0.15, -0.1) is 0 Å². The molecule has 0 heterocycles. The van der Waals surface area contributed by atoms with E-state index in [4.69, 9.17) is 5.73 Å². The molecule has 0 radical (unpaired) electrons. The van der Waals surface area contributed by atoms with E-state index in [0.29, 0.717) is 0 Å². The first kappa shape index (κ1) is 8.63. The summed E-state index contributed by atoms with van der Waals surface area (Å²) in [6, 6.07) is 0. The largest absolute Gasteiger partial charge is 0.375 e. The fraction of sp³-hybridized carbons (Fsp3) is 0. The molecule has 10 heavy (non-hydrogen) atoms. The number of carbonyl (C=O) groups excluding carboxylic acids is 2. The van der Waals surface area contributed by atoms with Gasteiger partial charge in [-0.25, -0.2) is 0 Å². The highest BCUT2D eigenvalue weighted by Crippen LogP contribution is 1.57. The van der Waals surface area contributed by atoms with Gasteiger partial charge in [0.25, 0.3) is 0 Å². The minimum absolute atomic E-state index is 0.144. The Morgan fingerprint density at radius 3 is 2.00 bits per heavy atom. The van der Waals surface area contributed by atoms with E-state index in [0.717, 1.165) is 0 Å². The van der Waals surface area contributed by atoms with Crippen LogP contribution in [0.2, 0.25) is 0 Å². The van der Waals surface area contributed by atoms with Crippen LogP contribution in [0, 0.1) is 0 Å². The molecular formula is C3H6N4O2S. The summed E-state index contributed by atoms with van der Waals surface area (Å²) in [5.41, 5.74) is 13.3. The fourth-order valence-corrected chi connectivity index (χ4v) is 0.231. The molecule has 2 amide bonds. The van der Waals surface area contributed by atoms with Gasteiger partial charge >= 0.3 is 11.8 Å². The highest BCUT2D eigenvalue weighted by Gasteiger charge is 2.05. The van der Waals surface area contributed by atoms with Crippen LogP contribution in [-0.4, -0.2) is 16.9 Å². The normalized spacial score (nSPS) is 8.00. The zero-order valence-electron chi connectivity index (χ0n) is 4.88. The van der Waals surface area contributed by atoms with Crippen molar-refractivity contribution < 1.29 is 9.59 Å². The van der Waals surface area contributed by atoms with Crippen molar-refractivity contribution in [3.8, 4) is 0 Å². The van der Waals surface area contributed by atoms with Crippen LogP contribution in [0.25, 0.3) is 0 Å². The van der Waals surface area contributed by atoms with Crippen molar-refractivity contribution in [1.29, 1.82) is 0 Å². The highest BCUT2D eigenvalue weighted by atomic mass is 32.1. The lowest BCUT2D eigenvalue weighted by molar-refractivity contribution is -0.137. The molecule has 0 aromatic rings. The van der Waals surface area contributed by atoms with Crippen molar-refractivity contribution in [2.75, 3.05) is 0 Å². The van der Waals surface area contributed by atoms with Crippen molar-refractivity contribution in [1.82, 2.24) is 10.9 Å². The van der Waals surface area contributed by atoms with Crippen LogP contribution >= 0.6 is 12.2 Å². The monoisotopic (exact) mass is 162 g/mol. The van der Waals surface area contributed by atoms with E-state index in [2.05, 4.69) is 18.0 Å². The molecule has 0 aliphatic carbocycles. The zero-order valence-corrected chi connectivity index (χ0v) is 5.70. The lowest BCUT2D eigenvalue weighted by Gasteiger charge is -2.01. The van der Waals surface area contributed by atoms with Crippen molar-refractivity contribution in [2.45, 2.75) is 0 Å². The van der Waals surface area contributed by atoms with Crippen LogP contribution < -0.4 is 22.3 Å². The van der Waals surface area contributed by atoms with Gasteiger partial charge in [0.05, 0.1) is 0 Å². The second-order valence-electron chi connectivity index (χ2n) is 1.31. The number of rotatable bonds is 0. The van der Waals surface area contributed by atoms with Crippen LogP contribution in [0.1, 0.15) is 0 Å². The first-order valence-electron chi connectivity index (χ1n) is 2.19. The molecule has 0 unspecified atom stereocenters. The Morgan fingerprint density at radius 2 is 1.70 bits per heavy atom. The number of hydrazine groups is 1. The zero-order chi connectivity index (χ0) is 8.15. The minimum atomic E-state index is -1.11. The van der Waals surface area contributed by atoms with Gasteiger partial charge < -0.3 is 11.5 Å². The van der Waals surface area contributed by atoms with Gasteiger partial charge in [-0.1, -0.05) is 0 Å². The van der Waals surface area contributed by atoms with Crippen LogP contribution in [-0.2, 0) is 9.59 Å². The number of nitrogens with two attached hydrogens (primary N) is 2. The predicted molar refractivity (Wildman–Crippen MR) is 37.3 cm³/mol. The molecule has 7 heteroatoms. The first-order chi connectivity index (χ1) is 4.54. The van der Waals surface area contributed by atoms with E-state index < -0.39 is 11.8 Å². The lowest BCUT2D eigenvalue weighted by Crippen LogP contribution is -2.48. The number of nitrogens with one attached hydrogen (secondary N) is 2. The molecule has 0 aliphatic rings. The van der Waals surface area contributed by atoms with Gasteiger partial charge in [-0.2, -0.15) is 0 Å². The molecule has 56 valence electrons. The van der Waals surface area contributed by atoms with Crippen molar-refractivity contribution in [3.63, 3.8) is 0 Å². The summed E-state index contributed by atoms with van der Waals surface area (Å²) in [7, 11) is 0. The summed E-state index contributed by atoms with van der Waals surface area (Å²) in [5.74, 6) is -2.10. The maximum atomic E-state index is 10.3. The van der Waals surface area contributed by atoms with E-state index in [1.165, 1.54) is 0 Å². The summed E-state index contributed by atoms with van der Waals surface area (Å²) in [4.78, 5) is 20.3. The third-order valence-electron chi connectivity index (χ3n) is 0.523. The number of primary amides is 1. The molecule has 0 fully saturated rings. The van der Waals surface area contributed by atoms with Crippen LogP contribution in [0.5, 0.6) is 0 Å². The Bertz CT molecular complexity index is 179. The fourth-order valence-electron chi connectivity index (χ4n) is 0.180. The SMILES string of the molecule is NC(=O)C(=O)NNC(N)=S. The Balaban J connectivity index is 3.60. The number of amides is 2. The van der Waals surface area contributed by atoms with E-state index in [1.807, 2.05) is 10.9 Å². The van der Waals surface area contributed by atoms with Crippen molar-refractivity contribution in [2.24, 2.45) is 11.5 Å². The Morgan fingerprint density at radius 1 is 1.20 bits per heavy atom. The van der Waals surface area contributed by atoms with E-state index in [-0.39, 0.29) is 5.11 Å². The lowest BCUT2D eigenvalue weighted by atomic mass is 10.6. The van der Waals surface area contributed by atoms with E-state index in [1.54, 1.807) is 0 Å². The Labute approximate surface area is 61.9 Å². The first-order valence-corrected chi connectivity index (χ1v) is 2.60. The van der Waals surface area contributed by atoms with Crippen LogP contribution in [0.15, 0.2) is 0 Å².